The average molecular weight is 398 g/mol. The number of alkyl halides is 1. The number of nitrogens with zero attached hydrogens (tertiary/aromatic N) is 2. The monoisotopic (exact) mass is 398 g/mol. The maximum absolute atomic E-state index is 14.7. The molecular formula is C22H17F3N2O2. The quantitative estimate of drug-likeness (QED) is 0.679. The summed E-state index contributed by atoms with van der Waals surface area (Å²) in [6.45, 7) is 0. The van der Waals surface area contributed by atoms with Crippen LogP contribution in [0, 0.1) is 11.6 Å². The topological polar surface area (TPSA) is 41.9 Å². The fraction of sp³-hybridized carbons (Fsp3) is 0.227. The van der Waals surface area contributed by atoms with Crippen LogP contribution in [0.4, 0.5) is 13.2 Å². The van der Waals surface area contributed by atoms with Crippen molar-refractivity contribution in [2.24, 2.45) is 5.10 Å². The molecule has 7 heteroatoms. The van der Waals surface area contributed by atoms with Crippen molar-refractivity contribution in [3.8, 4) is 5.75 Å². The lowest BCUT2D eigenvalue weighted by Gasteiger charge is -2.26. The molecule has 1 heterocycles. The van der Waals surface area contributed by atoms with Gasteiger partial charge in [-0.15, -0.1) is 5.73 Å². The minimum absolute atomic E-state index is 0.141. The van der Waals surface area contributed by atoms with Crippen molar-refractivity contribution < 1.29 is 22.7 Å². The number of benzene rings is 2. The van der Waals surface area contributed by atoms with Crippen LogP contribution in [0.3, 0.4) is 0 Å². The second-order valence-corrected chi connectivity index (χ2v) is 6.84. The average Bonchev–Trinajstić information content (AvgIpc) is 3.16. The Hall–Kier alpha value is -3.31. The van der Waals surface area contributed by atoms with E-state index in [1.165, 1.54) is 30.5 Å². The van der Waals surface area contributed by atoms with Crippen LogP contribution in [-0.2, 0) is 4.79 Å². The Kier molecular flexibility index (Phi) is 4.99. The SMILES string of the molecule is COc1ccc(C(F)C2=C=C(C(=O)N3N=CCC3c3cc(F)cc(F)c3)C2)cc1. The van der Waals surface area contributed by atoms with Crippen molar-refractivity contribution in [1.29, 1.82) is 0 Å². The lowest BCUT2D eigenvalue weighted by Crippen LogP contribution is -2.30. The van der Waals surface area contributed by atoms with Crippen LogP contribution in [0.1, 0.15) is 36.2 Å². The lowest BCUT2D eigenvalue weighted by molar-refractivity contribution is -0.129. The van der Waals surface area contributed by atoms with Gasteiger partial charge in [0.2, 0.25) is 0 Å². The second kappa shape index (κ2) is 7.60. The van der Waals surface area contributed by atoms with Crippen LogP contribution in [0.5, 0.6) is 5.75 Å². The van der Waals surface area contributed by atoms with E-state index >= 15 is 0 Å². The van der Waals surface area contributed by atoms with Crippen molar-refractivity contribution >= 4 is 12.1 Å². The van der Waals surface area contributed by atoms with Gasteiger partial charge in [0.1, 0.15) is 17.4 Å². The number of hydrogen-bond acceptors (Lipinski definition) is 3. The smallest absolute Gasteiger partial charge is 0.278 e. The highest BCUT2D eigenvalue weighted by Crippen LogP contribution is 2.38. The van der Waals surface area contributed by atoms with Crippen molar-refractivity contribution in [1.82, 2.24) is 5.01 Å². The summed E-state index contributed by atoms with van der Waals surface area (Å²) in [5, 5.41) is 5.21. The molecular weight excluding hydrogens is 381 g/mol. The number of ether oxygens (including phenoxy) is 1. The van der Waals surface area contributed by atoms with E-state index < -0.39 is 29.8 Å². The van der Waals surface area contributed by atoms with Crippen molar-refractivity contribution in [3.63, 3.8) is 0 Å². The van der Waals surface area contributed by atoms with Gasteiger partial charge in [0.25, 0.3) is 5.91 Å². The van der Waals surface area contributed by atoms with E-state index in [1.807, 2.05) is 0 Å². The lowest BCUT2D eigenvalue weighted by atomic mass is 9.89. The summed E-state index contributed by atoms with van der Waals surface area (Å²) in [4.78, 5) is 12.7. The number of carbonyl (C=O) groups is 1. The Morgan fingerprint density at radius 3 is 2.48 bits per heavy atom. The Labute approximate surface area is 165 Å². The molecule has 0 radical (unpaired) electrons. The first-order valence-electron chi connectivity index (χ1n) is 9.05. The molecule has 1 aliphatic carbocycles. The van der Waals surface area contributed by atoms with Gasteiger partial charge in [-0.1, -0.05) is 12.1 Å². The van der Waals surface area contributed by atoms with Gasteiger partial charge in [-0.3, -0.25) is 4.79 Å². The minimum Gasteiger partial charge on any atom is -0.497 e. The molecule has 2 atom stereocenters. The van der Waals surface area contributed by atoms with Gasteiger partial charge in [-0.05, 0) is 35.4 Å². The second-order valence-electron chi connectivity index (χ2n) is 6.84. The first-order chi connectivity index (χ1) is 14.0. The largest absolute Gasteiger partial charge is 0.497 e. The number of hydrazone groups is 1. The molecule has 2 aliphatic rings. The number of hydrogen-bond donors (Lipinski definition) is 0. The van der Waals surface area contributed by atoms with Crippen molar-refractivity contribution in [3.05, 3.63) is 82.1 Å². The molecule has 0 saturated carbocycles. The predicted molar refractivity (Wildman–Crippen MR) is 101 cm³/mol. The molecule has 2 unspecified atom stereocenters. The molecule has 0 spiro atoms. The van der Waals surface area contributed by atoms with Gasteiger partial charge < -0.3 is 4.74 Å². The van der Waals surface area contributed by atoms with Gasteiger partial charge in [0.05, 0.1) is 18.7 Å². The van der Waals surface area contributed by atoms with Crippen LogP contribution >= 0.6 is 0 Å². The summed E-state index contributed by atoms with van der Waals surface area (Å²) in [7, 11) is 1.53. The van der Waals surface area contributed by atoms with Gasteiger partial charge in [-0.25, -0.2) is 18.2 Å². The van der Waals surface area contributed by atoms with Crippen LogP contribution in [0.15, 0.2) is 64.4 Å². The molecule has 0 aromatic heterocycles. The summed E-state index contributed by atoms with van der Waals surface area (Å²) in [6, 6.07) is 9.11. The zero-order valence-electron chi connectivity index (χ0n) is 15.5. The Morgan fingerprint density at radius 1 is 1.21 bits per heavy atom. The molecule has 2 aromatic carbocycles. The molecule has 2 aromatic rings. The summed E-state index contributed by atoms with van der Waals surface area (Å²) >= 11 is 0. The van der Waals surface area contributed by atoms with E-state index in [0.29, 0.717) is 28.9 Å². The third kappa shape index (κ3) is 3.69. The van der Waals surface area contributed by atoms with Crippen LogP contribution < -0.4 is 4.74 Å². The summed E-state index contributed by atoms with van der Waals surface area (Å²) < 4.78 is 46.8. The number of amides is 1. The number of halogens is 3. The van der Waals surface area contributed by atoms with E-state index in [2.05, 4.69) is 10.8 Å². The van der Waals surface area contributed by atoms with Crippen LogP contribution in [0.25, 0.3) is 0 Å². The molecule has 1 aliphatic heterocycles. The molecule has 0 bridgehead atoms. The fourth-order valence-electron chi connectivity index (χ4n) is 3.41. The zero-order valence-corrected chi connectivity index (χ0v) is 15.5. The Bertz CT molecular complexity index is 1040. The highest BCUT2D eigenvalue weighted by Gasteiger charge is 2.34. The highest BCUT2D eigenvalue weighted by molar-refractivity contribution is 5.96. The van der Waals surface area contributed by atoms with E-state index in [0.717, 1.165) is 6.07 Å². The molecule has 0 N–H and O–H groups in total. The van der Waals surface area contributed by atoms with E-state index in [9.17, 15) is 18.0 Å². The molecule has 1 amide bonds. The third-order valence-corrected chi connectivity index (χ3v) is 4.96. The Balaban J connectivity index is 1.53. The highest BCUT2D eigenvalue weighted by atomic mass is 19.1. The molecule has 0 fully saturated rings. The number of carbonyl (C=O) groups excluding carboxylic acids is 1. The third-order valence-electron chi connectivity index (χ3n) is 4.96. The molecule has 4 nitrogen and oxygen atoms in total. The Morgan fingerprint density at radius 2 is 1.86 bits per heavy atom. The summed E-state index contributed by atoms with van der Waals surface area (Å²) in [5.41, 5.74) is 4.22. The fourth-order valence-corrected chi connectivity index (χ4v) is 3.41. The first kappa shape index (κ1) is 19.0. The zero-order chi connectivity index (χ0) is 20.5. The predicted octanol–water partition coefficient (Wildman–Crippen LogP) is 4.80. The molecule has 0 saturated heterocycles. The first-order valence-corrected chi connectivity index (χ1v) is 9.05. The maximum atomic E-state index is 14.7. The maximum Gasteiger partial charge on any atom is 0.278 e. The van der Waals surface area contributed by atoms with Crippen molar-refractivity contribution in [2.75, 3.05) is 7.11 Å². The summed E-state index contributed by atoms with van der Waals surface area (Å²) in [6.07, 6.45) is 0.635. The summed E-state index contributed by atoms with van der Waals surface area (Å²) in [5.74, 6) is -1.26. The van der Waals surface area contributed by atoms with Gasteiger partial charge >= 0.3 is 0 Å². The van der Waals surface area contributed by atoms with E-state index in [-0.39, 0.29) is 12.0 Å². The van der Waals surface area contributed by atoms with Gasteiger partial charge in [0, 0.05) is 30.7 Å². The number of methoxy groups -OCH3 is 1. The standard InChI is InChI=1S/C22H17F3N2O2/c1-29-19-4-2-13(3-5-19)21(25)15-8-16(9-15)22(28)27-20(6-7-26-27)14-10-17(23)12-18(24)11-14/h2-5,7,10-12,20-21H,6,8H2,1H3. The molecule has 4 rings (SSSR count). The minimum atomic E-state index is -1.37. The van der Waals surface area contributed by atoms with Crippen LogP contribution in [-0.4, -0.2) is 24.2 Å². The van der Waals surface area contributed by atoms with Gasteiger partial charge in [-0.2, -0.15) is 5.10 Å². The normalized spacial score (nSPS) is 18.8. The van der Waals surface area contributed by atoms with E-state index in [4.69, 9.17) is 4.74 Å². The van der Waals surface area contributed by atoms with E-state index in [1.54, 1.807) is 24.3 Å². The van der Waals surface area contributed by atoms with Gasteiger partial charge in [0.15, 0.2) is 6.17 Å². The molecule has 148 valence electrons. The van der Waals surface area contributed by atoms with Crippen molar-refractivity contribution in [2.45, 2.75) is 25.1 Å². The van der Waals surface area contributed by atoms with Crippen LogP contribution in [0.2, 0.25) is 0 Å². The number of rotatable bonds is 5. The molecule has 29 heavy (non-hydrogen) atoms.